The first kappa shape index (κ1) is 10.4. The van der Waals surface area contributed by atoms with Gasteiger partial charge in [-0.25, -0.2) is 4.98 Å². The monoisotopic (exact) mass is 210 g/mol. The number of halogens is 1. The van der Waals surface area contributed by atoms with Crippen molar-refractivity contribution in [2.24, 2.45) is 0 Å². The molecule has 0 unspecified atom stereocenters. The van der Waals surface area contributed by atoms with E-state index in [0.717, 1.165) is 13.0 Å². The second-order valence-corrected chi connectivity index (χ2v) is 3.73. The third-order valence-corrected chi connectivity index (χ3v) is 2.64. The van der Waals surface area contributed by atoms with Crippen molar-refractivity contribution >= 4 is 0 Å². The zero-order valence-electron chi connectivity index (χ0n) is 8.79. The van der Waals surface area contributed by atoms with Crippen LogP contribution in [0.15, 0.2) is 12.3 Å². The molecule has 1 fully saturated rings. The molecule has 0 amide bonds. The van der Waals surface area contributed by atoms with Crippen molar-refractivity contribution in [3.63, 3.8) is 0 Å². The minimum Gasteiger partial charge on any atom is -0.490 e. The molecule has 4 heteroatoms. The van der Waals surface area contributed by atoms with Crippen LogP contribution in [0.2, 0.25) is 0 Å². The first-order valence-corrected chi connectivity index (χ1v) is 5.30. The van der Waals surface area contributed by atoms with E-state index < -0.39 is 5.95 Å². The molecule has 82 valence electrons. The molecule has 3 nitrogen and oxygen atoms in total. The molecular weight excluding hydrogens is 195 g/mol. The summed E-state index contributed by atoms with van der Waals surface area (Å²) in [5, 5.41) is 3.24. The second kappa shape index (κ2) is 4.57. The zero-order chi connectivity index (χ0) is 10.7. The fraction of sp³-hybridized carbons (Fsp3) is 0.545. The molecule has 2 rings (SSSR count). The largest absolute Gasteiger partial charge is 0.490 e. The number of aryl methyl sites for hydroxylation is 1. The van der Waals surface area contributed by atoms with Crippen LogP contribution >= 0.6 is 0 Å². The lowest BCUT2D eigenvalue weighted by Gasteiger charge is -2.27. The Morgan fingerprint density at radius 2 is 2.47 bits per heavy atom. The summed E-state index contributed by atoms with van der Waals surface area (Å²) in [4.78, 5) is 3.66. The van der Waals surface area contributed by atoms with Crippen LogP contribution < -0.4 is 10.1 Å². The molecular formula is C11H15FN2O. The summed E-state index contributed by atoms with van der Waals surface area (Å²) in [6, 6.07) is 2.17. The van der Waals surface area contributed by atoms with Gasteiger partial charge in [-0.15, -0.1) is 0 Å². The second-order valence-electron chi connectivity index (χ2n) is 3.73. The minimum absolute atomic E-state index is 0.397. The number of aromatic nitrogens is 1. The topological polar surface area (TPSA) is 34.1 Å². The summed E-state index contributed by atoms with van der Waals surface area (Å²) in [7, 11) is 0. The van der Waals surface area contributed by atoms with Crippen LogP contribution in [-0.4, -0.2) is 24.2 Å². The van der Waals surface area contributed by atoms with E-state index >= 15 is 0 Å². The van der Waals surface area contributed by atoms with Crippen LogP contribution in [0, 0.1) is 5.95 Å². The molecule has 1 N–H and O–H groups in total. The third-order valence-electron chi connectivity index (χ3n) is 2.64. The first-order chi connectivity index (χ1) is 7.29. The highest BCUT2D eigenvalue weighted by Gasteiger charge is 2.16. The molecule has 0 radical (unpaired) electrons. The van der Waals surface area contributed by atoms with E-state index in [9.17, 15) is 4.39 Å². The highest BCUT2D eigenvalue weighted by Crippen LogP contribution is 2.15. The van der Waals surface area contributed by atoms with Crippen LogP contribution in [-0.2, 0) is 6.42 Å². The van der Waals surface area contributed by atoms with Crippen molar-refractivity contribution in [1.82, 2.24) is 10.3 Å². The highest BCUT2D eigenvalue weighted by atomic mass is 19.1. The molecule has 1 aliphatic rings. The van der Waals surface area contributed by atoms with Gasteiger partial charge in [0.1, 0.15) is 12.4 Å². The number of nitrogens with one attached hydrogen (secondary N) is 1. The van der Waals surface area contributed by atoms with E-state index in [0.29, 0.717) is 30.4 Å². The molecule has 1 aliphatic heterocycles. The van der Waals surface area contributed by atoms with Gasteiger partial charge in [0.2, 0.25) is 5.95 Å². The van der Waals surface area contributed by atoms with Gasteiger partial charge in [0.05, 0.1) is 6.20 Å². The van der Waals surface area contributed by atoms with Gasteiger partial charge >= 0.3 is 0 Å². The fourth-order valence-electron chi connectivity index (χ4n) is 1.49. The van der Waals surface area contributed by atoms with Gasteiger partial charge < -0.3 is 10.1 Å². The number of nitrogens with zero attached hydrogens (tertiary/aromatic N) is 1. The van der Waals surface area contributed by atoms with Gasteiger partial charge in [0.25, 0.3) is 0 Å². The van der Waals surface area contributed by atoms with Gasteiger partial charge in [0.15, 0.2) is 0 Å². The van der Waals surface area contributed by atoms with Crippen LogP contribution in [0.25, 0.3) is 0 Å². The molecule has 0 aliphatic carbocycles. The van der Waals surface area contributed by atoms with E-state index in [2.05, 4.69) is 10.3 Å². The van der Waals surface area contributed by atoms with Crippen molar-refractivity contribution in [3.05, 3.63) is 23.8 Å². The predicted molar refractivity (Wildman–Crippen MR) is 55.5 cm³/mol. The van der Waals surface area contributed by atoms with Crippen LogP contribution in [0.5, 0.6) is 5.75 Å². The fourth-order valence-corrected chi connectivity index (χ4v) is 1.49. The predicted octanol–water partition coefficient (Wildman–Crippen LogP) is 1.52. The van der Waals surface area contributed by atoms with Gasteiger partial charge in [-0.3, -0.25) is 0 Å². The summed E-state index contributed by atoms with van der Waals surface area (Å²) in [5.41, 5.74) is 0.606. The van der Waals surface area contributed by atoms with Gasteiger partial charge in [0, 0.05) is 11.6 Å². The molecule has 1 aromatic rings. The lowest BCUT2D eigenvalue weighted by atomic mass is 10.1. The molecule has 1 atom stereocenters. The zero-order valence-corrected chi connectivity index (χ0v) is 8.79. The van der Waals surface area contributed by atoms with Gasteiger partial charge in [-0.05, 0) is 25.5 Å². The highest BCUT2D eigenvalue weighted by molar-refractivity contribution is 5.24. The Morgan fingerprint density at radius 3 is 3.07 bits per heavy atom. The summed E-state index contributed by atoms with van der Waals surface area (Å²) in [5.74, 6) is 0.258. The quantitative estimate of drug-likeness (QED) is 0.765. The van der Waals surface area contributed by atoms with Crippen molar-refractivity contribution in [2.45, 2.75) is 25.8 Å². The maximum absolute atomic E-state index is 13.1. The maximum atomic E-state index is 13.1. The molecule has 2 heterocycles. The minimum atomic E-state index is -0.397. The van der Waals surface area contributed by atoms with E-state index in [-0.39, 0.29) is 0 Å². The number of ether oxygens (including phenoxy) is 1. The Bertz CT molecular complexity index is 339. The Hall–Kier alpha value is -1.16. The SMILES string of the molecule is CCc1cc(OC[C@H]2CCN2)cnc1F. The van der Waals surface area contributed by atoms with Gasteiger partial charge in [-0.2, -0.15) is 4.39 Å². The van der Waals surface area contributed by atoms with Crippen molar-refractivity contribution in [3.8, 4) is 5.75 Å². The Balaban J connectivity index is 1.95. The smallest absolute Gasteiger partial charge is 0.216 e. The summed E-state index contributed by atoms with van der Waals surface area (Å²) < 4.78 is 18.6. The number of hydrogen-bond acceptors (Lipinski definition) is 3. The summed E-state index contributed by atoms with van der Waals surface area (Å²) in [6.07, 6.45) is 3.22. The standard InChI is InChI=1S/C11H15FN2O/c1-2-8-5-10(6-14-11(8)12)15-7-9-3-4-13-9/h5-6,9,13H,2-4,7H2,1H3/t9-/m1/s1. The molecule has 1 aromatic heterocycles. The average molecular weight is 210 g/mol. The van der Waals surface area contributed by atoms with Crippen molar-refractivity contribution in [1.29, 1.82) is 0 Å². The van der Waals surface area contributed by atoms with E-state index in [4.69, 9.17) is 4.74 Å². The summed E-state index contributed by atoms with van der Waals surface area (Å²) >= 11 is 0. The van der Waals surface area contributed by atoms with E-state index in [1.807, 2.05) is 6.92 Å². The molecule has 15 heavy (non-hydrogen) atoms. The number of hydrogen-bond donors (Lipinski definition) is 1. The first-order valence-electron chi connectivity index (χ1n) is 5.30. The Morgan fingerprint density at radius 1 is 1.67 bits per heavy atom. The van der Waals surface area contributed by atoms with E-state index in [1.165, 1.54) is 6.20 Å². The molecule has 0 bridgehead atoms. The number of rotatable bonds is 4. The summed E-state index contributed by atoms with van der Waals surface area (Å²) in [6.45, 7) is 3.60. The molecule has 1 saturated heterocycles. The van der Waals surface area contributed by atoms with Crippen LogP contribution in [0.1, 0.15) is 18.9 Å². The van der Waals surface area contributed by atoms with Crippen molar-refractivity contribution < 1.29 is 9.13 Å². The number of pyridine rings is 1. The molecule has 0 spiro atoms. The Labute approximate surface area is 88.7 Å². The lowest BCUT2D eigenvalue weighted by Crippen LogP contribution is -2.46. The molecule has 0 aromatic carbocycles. The lowest BCUT2D eigenvalue weighted by molar-refractivity contribution is 0.216. The third kappa shape index (κ3) is 2.45. The van der Waals surface area contributed by atoms with Crippen LogP contribution in [0.4, 0.5) is 4.39 Å². The van der Waals surface area contributed by atoms with Crippen molar-refractivity contribution in [2.75, 3.05) is 13.2 Å². The van der Waals surface area contributed by atoms with Crippen LogP contribution in [0.3, 0.4) is 0 Å². The normalized spacial score (nSPS) is 19.7. The van der Waals surface area contributed by atoms with Gasteiger partial charge in [-0.1, -0.05) is 6.92 Å². The maximum Gasteiger partial charge on any atom is 0.216 e. The van der Waals surface area contributed by atoms with E-state index in [1.54, 1.807) is 6.07 Å². The Kier molecular flexibility index (Phi) is 3.16. The molecule has 0 saturated carbocycles. The average Bonchev–Trinajstić information content (AvgIpc) is 2.18.